The quantitative estimate of drug-likeness (QED) is 0.0334. The van der Waals surface area contributed by atoms with Crippen LogP contribution in [0.4, 0.5) is 0 Å². The second kappa shape index (κ2) is 22.0. The van der Waals surface area contributed by atoms with E-state index in [1.165, 1.54) is 27.6 Å². The molecule has 7 heteroatoms. The molecule has 0 atom stereocenters. The van der Waals surface area contributed by atoms with Crippen LogP contribution in [0.15, 0.2) is 250 Å². The number of allylic oxidation sites excluding steroid dienone is 1. The number of esters is 2. The predicted octanol–water partition coefficient (Wildman–Crippen LogP) is 15.3. The van der Waals surface area contributed by atoms with Crippen molar-refractivity contribution in [1.29, 1.82) is 0 Å². The van der Waals surface area contributed by atoms with Crippen LogP contribution in [-0.2, 0) is 9.59 Å². The zero-order valence-corrected chi connectivity index (χ0v) is 38.2. The van der Waals surface area contributed by atoms with Gasteiger partial charge in [0.2, 0.25) is 0 Å². The summed E-state index contributed by atoms with van der Waals surface area (Å²) in [4.78, 5) is 31.9. The van der Waals surface area contributed by atoms with Gasteiger partial charge in [0.15, 0.2) is 0 Å². The molecule has 0 N–H and O–H groups in total. The summed E-state index contributed by atoms with van der Waals surface area (Å²) in [5.41, 5.74) is 8.57. The molecule has 8 aromatic rings. The number of rotatable bonds is 15. The van der Waals surface area contributed by atoms with E-state index in [2.05, 4.69) is 79.1 Å². The summed E-state index contributed by atoms with van der Waals surface area (Å²) >= 11 is 4.98. The van der Waals surface area contributed by atoms with Gasteiger partial charge >= 0.3 is 11.9 Å². The van der Waals surface area contributed by atoms with Gasteiger partial charge in [0.1, 0.15) is 11.5 Å². The van der Waals surface area contributed by atoms with Crippen LogP contribution in [0.3, 0.4) is 0 Å². The van der Waals surface area contributed by atoms with E-state index in [4.69, 9.17) is 9.47 Å². The number of thioether (sulfide) groups is 2. The van der Waals surface area contributed by atoms with E-state index < -0.39 is 11.9 Å². The summed E-state index contributed by atoms with van der Waals surface area (Å²) < 4.78 is 11.7. The highest BCUT2D eigenvalue weighted by molar-refractivity contribution is 8.08. The number of hydrogen-bond donors (Lipinski definition) is 0. The first-order valence-electron chi connectivity index (χ1n) is 21.0. The maximum Gasteiger partial charge on any atom is 0.337 e. The lowest BCUT2D eigenvalue weighted by atomic mass is 9.86. The van der Waals surface area contributed by atoms with Crippen molar-refractivity contribution in [3.05, 3.63) is 264 Å². The molecule has 0 amide bonds. The molecule has 0 saturated heterocycles. The van der Waals surface area contributed by atoms with Crippen molar-refractivity contribution in [3.63, 3.8) is 0 Å². The maximum atomic E-state index is 13.7. The van der Waals surface area contributed by atoms with Gasteiger partial charge in [-0.3, -0.25) is 0 Å². The summed E-state index contributed by atoms with van der Waals surface area (Å²) in [6, 6.07) is 72.3. The fourth-order valence-electron chi connectivity index (χ4n) is 7.12. The molecule has 0 heterocycles. The fourth-order valence-corrected chi connectivity index (χ4v) is 9.28. The minimum atomic E-state index is -0.472. The third-order valence-electron chi connectivity index (χ3n) is 10.3. The Labute approximate surface area is 393 Å². The second-order valence-electron chi connectivity index (χ2n) is 14.8. The van der Waals surface area contributed by atoms with Gasteiger partial charge in [0.25, 0.3) is 0 Å². The maximum absolute atomic E-state index is 13.7. The molecule has 0 bridgehead atoms. The van der Waals surface area contributed by atoms with Crippen molar-refractivity contribution in [1.82, 2.24) is 0 Å². The van der Waals surface area contributed by atoms with Crippen molar-refractivity contribution in [2.75, 3.05) is 6.26 Å². The number of hydrogen-bond acceptors (Lipinski definition) is 7. The Morgan fingerprint density at radius 3 is 1.17 bits per heavy atom. The van der Waals surface area contributed by atoms with E-state index in [0.717, 1.165) is 64.8 Å². The molecule has 0 aromatic heterocycles. The standard InChI is InChI=1S/C58H44O4S3/c1-41(42-15-7-3-8-16-42)39-55(59)61-48-27-23-46(24-28-48)57(44-19-11-5-12-20-44)58(45-21-13-6-14-22-45)47-25-29-49(30-26-47)62-56(60)40-54(43-17-9-4-10-18-43)65-53-37-35-52(36-38-53)64-51-33-31-50(63-2)32-34-51/h3-40H,1-2H3/b41-39+,54-40+,58-57+. The third kappa shape index (κ3) is 12.2. The molecule has 0 saturated carbocycles. The lowest BCUT2D eigenvalue weighted by Gasteiger charge is -2.18. The molecule has 318 valence electrons. The Hall–Kier alpha value is -7.03. The predicted molar refractivity (Wildman–Crippen MR) is 271 cm³/mol. The average molecular weight is 901 g/mol. The molecule has 0 aliphatic rings. The summed E-state index contributed by atoms with van der Waals surface area (Å²) in [6.45, 7) is 1.89. The highest BCUT2D eigenvalue weighted by Gasteiger charge is 2.18. The monoisotopic (exact) mass is 900 g/mol. The first-order valence-corrected chi connectivity index (χ1v) is 23.8. The highest BCUT2D eigenvalue weighted by atomic mass is 32.2. The number of carbonyl (C=O) groups excluding carboxylic acids is 2. The molecule has 8 aromatic carbocycles. The fraction of sp³-hybridized carbons (Fsp3) is 0.0345. The minimum absolute atomic E-state index is 0.427. The minimum Gasteiger partial charge on any atom is -0.423 e. The molecular formula is C58H44O4S3. The van der Waals surface area contributed by atoms with Gasteiger partial charge in [-0.25, -0.2) is 9.59 Å². The van der Waals surface area contributed by atoms with Crippen LogP contribution >= 0.6 is 35.3 Å². The van der Waals surface area contributed by atoms with Gasteiger partial charge < -0.3 is 9.47 Å². The number of ether oxygens (including phenoxy) is 2. The van der Waals surface area contributed by atoms with Crippen LogP contribution in [0.2, 0.25) is 0 Å². The third-order valence-corrected chi connectivity index (χ3v) is 13.2. The molecule has 0 aliphatic heterocycles. The van der Waals surface area contributed by atoms with Crippen LogP contribution in [0.5, 0.6) is 11.5 Å². The summed E-state index contributed by atoms with van der Waals surface area (Å²) in [5, 5.41) is 0. The largest absolute Gasteiger partial charge is 0.423 e. The van der Waals surface area contributed by atoms with Gasteiger partial charge in [-0.2, -0.15) is 0 Å². The average Bonchev–Trinajstić information content (AvgIpc) is 3.35. The SMILES string of the molecule is CSc1ccc(Sc2ccc(S/C(=C/C(=O)Oc3ccc(/C(=C(\c4ccccc4)c4ccc(OC(=O)/C=C(\C)c5ccccc5)cc4)c4ccccc4)cc3)c3ccccc3)cc2)cc1. The second-order valence-corrected chi connectivity index (χ2v) is 17.9. The first kappa shape index (κ1) is 44.6. The van der Waals surface area contributed by atoms with E-state index >= 15 is 0 Å². The Morgan fingerprint density at radius 2 is 0.738 bits per heavy atom. The van der Waals surface area contributed by atoms with Gasteiger partial charge in [0, 0.05) is 36.6 Å². The van der Waals surface area contributed by atoms with Crippen LogP contribution < -0.4 is 9.47 Å². The van der Waals surface area contributed by atoms with E-state index in [9.17, 15) is 9.59 Å². The zero-order valence-electron chi connectivity index (χ0n) is 35.8. The molecule has 8 rings (SSSR count). The molecule has 0 aliphatic carbocycles. The normalized spacial score (nSPS) is 12.0. The number of carbonyl (C=O) groups is 2. The van der Waals surface area contributed by atoms with E-state index in [1.807, 2.05) is 153 Å². The summed E-state index contributed by atoms with van der Waals surface area (Å²) in [5.74, 6) is -0.0435. The van der Waals surface area contributed by atoms with Crippen LogP contribution in [0.25, 0.3) is 21.6 Å². The van der Waals surface area contributed by atoms with Crippen molar-refractivity contribution < 1.29 is 19.1 Å². The van der Waals surface area contributed by atoms with Crippen LogP contribution in [0, 0.1) is 0 Å². The van der Waals surface area contributed by atoms with Gasteiger partial charge in [-0.1, -0.05) is 169 Å². The zero-order chi connectivity index (χ0) is 44.8. The van der Waals surface area contributed by atoms with Crippen molar-refractivity contribution >= 4 is 68.8 Å². The topological polar surface area (TPSA) is 52.6 Å². The van der Waals surface area contributed by atoms with E-state index in [-0.39, 0.29) is 0 Å². The number of benzene rings is 8. The smallest absolute Gasteiger partial charge is 0.337 e. The first-order chi connectivity index (χ1) is 31.9. The molecule has 0 fully saturated rings. The molecule has 0 radical (unpaired) electrons. The Bertz CT molecular complexity index is 2930. The summed E-state index contributed by atoms with van der Waals surface area (Å²) in [6.07, 6.45) is 5.15. The van der Waals surface area contributed by atoms with Gasteiger partial charge in [-0.15, -0.1) is 11.8 Å². The van der Waals surface area contributed by atoms with Crippen molar-refractivity contribution in [2.24, 2.45) is 0 Å². The molecule has 0 unspecified atom stereocenters. The molecular weight excluding hydrogens is 857 g/mol. The Kier molecular flexibility index (Phi) is 15.1. The van der Waals surface area contributed by atoms with Crippen LogP contribution in [0.1, 0.15) is 40.3 Å². The van der Waals surface area contributed by atoms with Crippen molar-refractivity contribution in [2.45, 2.75) is 26.5 Å². The van der Waals surface area contributed by atoms with Gasteiger partial charge in [0.05, 0.1) is 0 Å². The Balaban J connectivity index is 1.05. The highest BCUT2D eigenvalue weighted by Crippen LogP contribution is 2.39. The van der Waals surface area contributed by atoms with Crippen molar-refractivity contribution in [3.8, 4) is 11.5 Å². The van der Waals surface area contributed by atoms with Crippen LogP contribution in [-0.4, -0.2) is 18.2 Å². The van der Waals surface area contributed by atoms with E-state index in [1.54, 1.807) is 29.6 Å². The lowest BCUT2D eigenvalue weighted by molar-refractivity contribution is -0.129. The molecule has 0 spiro atoms. The molecule has 65 heavy (non-hydrogen) atoms. The molecule has 4 nitrogen and oxygen atoms in total. The van der Waals surface area contributed by atoms with Gasteiger partial charge in [-0.05, 0) is 136 Å². The van der Waals surface area contributed by atoms with E-state index in [0.29, 0.717) is 11.5 Å². The summed E-state index contributed by atoms with van der Waals surface area (Å²) in [7, 11) is 0. The lowest BCUT2D eigenvalue weighted by Crippen LogP contribution is -2.05. The Morgan fingerprint density at radius 1 is 0.385 bits per heavy atom.